The lowest BCUT2D eigenvalue weighted by atomic mass is 9.92. The lowest BCUT2D eigenvalue weighted by molar-refractivity contribution is 0.300. The summed E-state index contributed by atoms with van der Waals surface area (Å²) in [5.74, 6) is 1.84. The Hall–Kier alpha value is -3.10. The zero-order valence-electron chi connectivity index (χ0n) is 16.0. The van der Waals surface area contributed by atoms with E-state index in [4.69, 9.17) is 16.3 Å². The monoisotopic (exact) mass is 425 g/mol. The first-order chi connectivity index (χ1) is 14.6. The van der Waals surface area contributed by atoms with E-state index >= 15 is 0 Å². The summed E-state index contributed by atoms with van der Waals surface area (Å²) in [6.45, 7) is 3.10. The molecule has 3 aromatic heterocycles. The molecule has 2 N–H and O–H groups in total. The highest BCUT2D eigenvalue weighted by molar-refractivity contribution is 6.30. The second kappa shape index (κ2) is 7.62. The molecule has 5 rings (SSSR count). The van der Waals surface area contributed by atoms with Crippen LogP contribution >= 0.6 is 11.6 Å². The van der Waals surface area contributed by atoms with Gasteiger partial charge in [0.1, 0.15) is 23.9 Å². The maximum atomic E-state index is 12.6. The zero-order valence-corrected chi connectivity index (χ0v) is 16.8. The first kappa shape index (κ1) is 18.9. The minimum Gasteiger partial charge on any atom is -0.487 e. The smallest absolute Gasteiger partial charge is 0.273 e. The maximum Gasteiger partial charge on any atom is 0.273 e. The predicted molar refractivity (Wildman–Crippen MR) is 114 cm³/mol. The summed E-state index contributed by atoms with van der Waals surface area (Å²) in [5.41, 5.74) is 0.319. The summed E-state index contributed by atoms with van der Waals surface area (Å²) in [6, 6.07) is 10.5. The molecule has 2 unspecified atom stereocenters. The van der Waals surface area contributed by atoms with Crippen molar-refractivity contribution in [1.29, 1.82) is 0 Å². The van der Waals surface area contributed by atoms with Crippen LogP contribution in [0.5, 0.6) is 5.75 Å². The molecular formula is C21H20ClN5O3. The van der Waals surface area contributed by atoms with E-state index in [1.165, 1.54) is 23.0 Å². The van der Waals surface area contributed by atoms with Crippen LogP contribution in [0.4, 0.5) is 5.82 Å². The molecule has 0 spiro atoms. The van der Waals surface area contributed by atoms with E-state index in [9.17, 15) is 9.59 Å². The van der Waals surface area contributed by atoms with Crippen LogP contribution in [0.1, 0.15) is 5.69 Å². The Labute approximate surface area is 177 Å². The number of nitrogens with one attached hydrogen (secondary N) is 2. The van der Waals surface area contributed by atoms with Gasteiger partial charge in [0.25, 0.3) is 11.1 Å². The Bertz CT molecular complexity index is 1190. The van der Waals surface area contributed by atoms with E-state index in [0.717, 1.165) is 25.5 Å². The summed E-state index contributed by atoms with van der Waals surface area (Å²) in [5, 5.41) is 3.92. The molecule has 2 aliphatic heterocycles. The van der Waals surface area contributed by atoms with Gasteiger partial charge in [-0.15, -0.1) is 0 Å². The van der Waals surface area contributed by atoms with Crippen molar-refractivity contribution in [3.05, 3.63) is 80.2 Å². The molecule has 9 heteroatoms. The van der Waals surface area contributed by atoms with Gasteiger partial charge in [0.15, 0.2) is 0 Å². The maximum absolute atomic E-state index is 12.6. The average Bonchev–Trinajstić information content (AvgIpc) is 3.09. The van der Waals surface area contributed by atoms with E-state index in [0.29, 0.717) is 28.4 Å². The second-order valence-electron chi connectivity index (χ2n) is 7.52. The third-order valence-corrected chi connectivity index (χ3v) is 5.87. The van der Waals surface area contributed by atoms with Crippen LogP contribution in [-0.2, 0) is 6.61 Å². The van der Waals surface area contributed by atoms with Crippen LogP contribution in [0.2, 0.25) is 5.02 Å². The standard InChI is InChI=1S/C21H20ClN5O3/c22-14-1-2-15(24-9-14)12-30-16-5-6-26(20(28)7-16)17-3-4-19(25-21(17)29)27-11-13-8-23-10-18(13)27/h1-7,9,13,18,23H,8,10-12H2,(H,25,29). The largest absolute Gasteiger partial charge is 0.487 e. The molecule has 5 heterocycles. The van der Waals surface area contributed by atoms with Gasteiger partial charge in [-0.3, -0.25) is 19.1 Å². The number of nitrogens with zero attached hydrogens (tertiary/aromatic N) is 3. The Kier molecular flexibility index (Phi) is 4.80. The summed E-state index contributed by atoms with van der Waals surface area (Å²) in [6.07, 6.45) is 3.08. The van der Waals surface area contributed by atoms with Crippen LogP contribution in [0.3, 0.4) is 0 Å². The third-order valence-electron chi connectivity index (χ3n) is 5.64. The van der Waals surface area contributed by atoms with Gasteiger partial charge in [-0.25, -0.2) is 0 Å². The van der Waals surface area contributed by atoms with Gasteiger partial charge in [0.05, 0.1) is 10.7 Å². The molecule has 0 aliphatic carbocycles. The fourth-order valence-electron chi connectivity index (χ4n) is 4.01. The Morgan fingerprint density at radius 2 is 2.07 bits per heavy atom. The van der Waals surface area contributed by atoms with Gasteiger partial charge < -0.3 is 19.9 Å². The lowest BCUT2D eigenvalue weighted by Gasteiger charge is -2.45. The molecule has 2 aliphatic rings. The van der Waals surface area contributed by atoms with Crippen LogP contribution in [0.15, 0.2) is 58.4 Å². The summed E-state index contributed by atoms with van der Waals surface area (Å²) < 4.78 is 6.94. The number of H-pyrrole nitrogens is 1. The van der Waals surface area contributed by atoms with E-state index < -0.39 is 0 Å². The normalized spacial score (nSPS) is 20.0. The topological polar surface area (TPSA) is 92.2 Å². The molecule has 3 aromatic rings. The molecule has 2 saturated heterocycles. The van der Waals surface area contributed by atoms with E-state index in [-0.39, 0.29) is 23.4 Å². The number of hydrogen-bond donors (Lipinski definition) is 2. The Balaban J connectivity index is 1.32. The van der Waals surface area contributed by atoms with Gasteiger partial charge in [-0.1, -0.05) is 11.6 Å². The van der Waals surface area contributed by atoms with E-state index in [2.05, 4.69) is 20.2 Å². The van der Waals surface area contributed by atoms with Crippen molar-refractivity contribution in [2.45, 2.75) is 12.6 Å². The van der Waals surface area contributed by atoms with Crippen molar-refractivity contribution >= 4 is 17.4 Å². The van der Waals surface area contributed by atoms with Crippen LogP contribution in [0.25, 0.3) is 5.69 Å². The minimum absolute atomic E-state index is 0.211. The minimum atomic E-state index is -0.348. The first-order valence-electron chi connectivity index (χ1n) is 9.75. The molecule has 2 fully saturated rings. The van der Waals surface area contributed by atoms with Crippen molar-refractivity contribution in [3.8, 4) is 11.4 Å². The van der Waals surface area contributed by atoms with Gasteiger partial charge in [0, 0.05) is 50.1 Å². The van der Waals surface area contributed by atoms with Crippen molar-refractivity contribution < 1.29 is 4.74 Å². The fraction of sp³-hybridized carbons (Fsp3) is 0.286. The van der Waals surface area contributed by atoms with Crippen molar-refractivity contribution in [2.24, 2.45) is 5.92 Å². The van der Waals surface area contributed by atoms with Crippen LogP contribution in [-0.4, -0.2) is 40.2 Å². The SMILES string of the molecule is O=c1[nH]c(N2CC3CNCC32)ccc1-n1ccc(OCc2ccc(Cl)cn2)cc1=O. The highest BCUT2D eigenvalue weighted by Gasteiger charge is 2.42. The number of aromatic nitrogens is 3. The van der Waals surface area contributed by atoms with E-state index in [1.807, 2.05) is 6.07 Å². The van der Waals surface area contributed by atoms with Crippen molar-refractivity contribution in [2.75, 3.05) is 24.5 Å². The number of halogens is 1. The first-order valence-corrected chi connectivity index (χ1v) is 10.1. The van der Waals surface area contributed by atoms with Gasteiger partial charge in [-0.05, 0) is 30.3 Å². The molecule has 8 nitrogen and oxygen atoms in total. The lowest BCUT2D eigenvalue weighted by Crippen LogP contribution is -2.56. The number of aromatic amines is 1. The molecule has 0 radical (unpaired) electrons. The summed E-state index contributed by atoms with van der Waals surface area (Å²) >= 11 is 5.82. The molecular weight excluding hydrogens is 406 g/mol. The molecule has 0 aromatic carbocycles. The molecule has 0 amide bonds. The predicted octanol–water partition coefficient (Wildman–Crippen LogP) is 1.56. The van der Waals surface area contributed by atoms with Crippen molar-refractivity contribution in [3.63, 3.8) is 0 Å². The second-order valence-corrected chi connectivity index (χ2v) is 7.96. The quantitative estimate of drug-likeness (QED) is 0.644. The zero-order chi connectivity index (χ0) is 20.7. The molecule has 154 valence electrons. The third kappa shape index (κ3) is 3.48. The number of pyridine rings is 3. The number of fused-ring (bicyclic) bond motifs is 1. The molecule has 2 atom stereocenters. The van der Waals surface area contributed by atoms with Crippen LogP contribution in [0, 0.1) is 5.92 Å². The molecule has 30 heavy (non-hydrogen) atoms. The number of ether oxygens (including phenoxy) is 1. The highest BCUT2D eigenvalue weighted by Crippen LogP contribution is 2.31. The molecule has 0 bridgehead atoms. The van der Waals surface area contributed by atoms with Gasteiger partial charge in [-0.2, -0.15) is 0 Å². The van der Waals surface area contributed by atoms with Crippen molar-refractivity contribution in [1.82, 2.24) is 19.9 Å². The number of rotatable bonds is 5. The summed E-state index contributed by atoms with van der Waals surface area (Å²) in [7, 11) is 0. The number of hydrogen-bond acceptors (Lipinski definition) is 6. The number of anilines is 1. The average molecular weight is 426 g/mol. The Morgan fingerprint density at radius 1 is 1.17 bits per heavy atom. The molecule has 0 saturated carbocycles. The Morgan fingerprint density at radius 3 is 2.80 bits per heavy atom. The fourth-order valence-corrected chi connectivity index (χ4v) is 4.12. The highest BCUT2D eigenvalue weighted by atomic mass is 35.5. The summed E-state index contributed by atoms with van der Waals surface area (Å²) in [4.78, 5) is 34.5. The van der Waals surface area contributed by atoms with Gasteiger partial charge >= 0.3 is 0 Å². The van der Waals surface area contributed by atoms with Gasteiger partial charge in [0.2, 0.25) is 0 Å². The van der Waals surface area contributed by atoms with E-state index in [1.54, 1.807) is 24.3 Å². The van der Waals surface area contributed by atoms with Crippen LogP contribution < -0.4 is 26.1 Å².